The molecule has 2 unspecified atom stereocenters. The third-order valence-electron chi connectivity index (χ3n) is 5.89. The van der Waals surface area contributed by atoms with Crippen LogP contribution in [-0.4, -0.2) is 61.6 Å². The molecule has 5 heteroatoms. The van der Waals surface area contributed by atoms with Gasteiger partial charge in [0, 0.05) is 38.1 Å². The number of halogens is 1. The van der Waals surface area contributed by atoms with Gasteiger partial charge in [0.25, 0.3) is 0 Å². The van der Waals surface area contributed by atoms with E-state index in [1.54, 1.807) is 0 Å². The second-order valence-electron chi connectivity index (χ2n) is 7.84. The van der Waals surface area contributed by atoms with Gasteiger partial charge in [-0.3, -0.25) is 4.99 Å². The maximum atomic E-state index is 5.01. The number of nitrogens with one attached hydrogen (secondary N) is 1. The lowest BCUT2D eigenvalue weighted by Crippen LogP contribution is -2.42. The van der Waals surface area contributed by atoms with Crippen LogP contribution in [0, 0.1) is 5.92 Å². The van der Waals surface area contributed by atoms with E-state index in [-0.39, 0.29) is 29.4 Å². The van der Waals surface area contributed by atoms with Crippen LogP contribution in [0.4, 0.5) is 0 Å². The highest BCUT2D eigenvalue weighted by Crippen LogP contribution is 2.34. The van der Waals surface area contributed by atoms with Crippen LogP contribution in [-0.2, 0) is 5.41 Å². The van der Waals surface area contributed by atoms with Crippen molar-refractivity contribution < 1.29 is 0 Å². The Labute approximate surface area is 176 Å². The van der Waals surface area contributed by atoms with Gasteiger partial charge in [-0.05, 0) is 44.3 Å². The average Bonchev–Trinajstić information content (AvgIpc) is 3.27. The topological polar surface area (TPSA) is 30.9 Å². The Kier molecular flexibility index (Phi) is 8.20. The fourth-order valence-electron chi connectivity index (χ4n) is 4.21. The average molecular weight is 470 g/mol. The molecule has 0 saturated carbocycles. The van der Waals surface area contributed by atoms with E-state index < -0.39 is 0 Å². The van der Waals surface area contributed by atoms with Gasteiger partial charge in [-0.1, -0.05) is 44.2 Å². The molecule has 2 heterocycles. The van der Waals surface area contributed by atoms with E-state index in [1.807, 2.05) is 0 Å². The van der Waals surface area contributed by atoms with E-state index in [2.05, 4.69) is 66.2 Å². The summed E-state index contributed by atoms with van der Waals surface area (Å²) in [5.41, 5.74) is 1.67. The Morgan fingerprint density at radius 1 is 1.23 bits per heavy atom. The minimum Gasteiger partial charge on any atom is -0.357 e. The number of guanidine groups is 1. The number of likely N-dealkylation sites (tertiary alicyclic amines) is 2. The van der Waals surface area contributed by atoms with Crippen LogP contribution in [0.5, 0.6) is 0 Å². The van der Waals surface area contributed by atoms with E-state index in [0.29, 0.717) is 0 Å². The van der Waals surface area contributed by atoms with E-state index in [4.69, 9.17) is 4.99 Å². The van der Waals surface area contributed by atoms with Crippen LogP contribution >= 0.6 is 24.0 Å². The molecule has 0 aromatic heterocycles. The Morgan fingerprint density at radius 3 is 2.65 bits per heavy atom. The number of hydrogen-bond acceptors (Lipinski definition) is 2. The van der Waals surface area contributed by atoms with E-state index in [9.17, 15) is 0 Å². The molecule has 2 aliphatic heterocycles. The third-order valence-corrected chi connectivity index (χ3v) is 5.89. The van der Waals surface area contributed by atoms with E-state index in [0.717, 1.165) is 38.1 Å². The monoisotopic (exact) mass is 470 g/mol. The van der Waals surface area contributed by atoms with Crippen molar-refractivity contribution >= 4 is 29.9 Å². The van der Waals surface area contributed by atoms with Gasteiger partial charge in [0.15, 0.2) is 5.96 Å². The molecular weight excluding hydrogens is 435 g/mol. The SMILES string of the molecule is CCNC(=NCC1CCN(CC)C1)N1CCC(C)(c2ccccc2)C1.I. The number of hydrogen-bond donors (Lipinski definition) is 1. The fraction of sp³-hybridized carbons (Fsp3) is 0.667. The molecule has 4 nitrogen and oxygen atoms in total. The highest BCUT2D eigenvalue weighted by atomic mass is 127. The van der Waals surface area contributed by atoms with Crippen LogP contribution in [0.25, 0.3) is 0 Å². The molecule has 1 aromatic carbocycles. The summed E-state index contributed by atoms with van der Waals surface area (Å²) < 4.78 is 0. The van der Waals surface area contributed by atoms with Gasteiger partial charge in [-0.15, -0.1) is 24.0 Å². The smallest absolute Gasteiger partial charge is 0.193 e. The summed E-state index contributed by atoms with van der Waals surface area (Å²) in [6.07, 6.45) is 2.48. The highest BCUT2D eigenvalue weighted by Gasteiger charge is 2.36. The van der Waals surface area contributed by atoms with Gasteiger partial charge in [0.1, 0.15) is 0 Å². The zero-order chi connectivity index (χ0) is 17.7. The fourth-order valence-corrected chi connectivity index (χ4v) is 4.21. The van der Waals surface area contributed by atoms with Crippen LogP contribution in [0.15, 0.2) is 35.3 Å². The maximum absolute atomic E-state index is 5.01. The summed E-state index contributed by atoms with van der Waals surface area (Å²) in [6.45, 7) is 14.5. The third kappa shape index (κ3) is 5.12. The van der Waals surface area contributed by atoms with Gasteiger partial charge in [-0.2, -0.15) is 0 Å². The second kappa shape index (κ2) is 9.93. The van der Waals surface area contributed by atoms with Crippen LogP contribution < -0.4 is 5.32 Å². The second-order valence-corrected chi connectivity index (χ2v) is 7.84. The lowest BCUT2D eigenvalue weighted by Gasteiger charge is -2.27. The molecule has 26 heavy (non-hydrogen) atoms. The largest absolute Gasteiger partial charge is 0.357 e. The zero-order valence-electron chi connectivity index (χ0n) is 16.6. The normalized spacial score (nSPS) is 26.8. The van der Waals surface area contributed by atoms with Crippen molar-refractivity contribution in [1.82, 2.24) is 15.1 Å². The van der Waals surface area contributed by atoms with Crippen molar-refractivity contribution in [3.05, 3.63) is 35.9 Å². The van der Waals surface area contributed by atoms with E-state index >= 15 is 0 Å². The standard InChI is InChI=1S/C21H34N4.HI/c1-4-22-20(23-15-18-11-13-24(5-2)16-18)25-14-12-21(3,17-25)19-9-7-6-8-10-19;/h6-10,18H,4-5,11-17H2,1-3H3,(H,22,23);1H. The summed E-state index contributed by atoms with van der Waals surface area (Å²) in [5.74, 6) is 1.83. The first kappa shape index (κ1) is 21.5. The molecule has 3 rings (SSSR count). The number of rotatable bonds is 5. The molecule has 0 amide bonds. The molecule has 0 spiro atoms. The summed E-state index contributed by atoms with van der Waals surface area (Å²) in [4.78, 5) is 10.0. The first-order valence-electron chi connectivity index (χ1n) is 9.95. The molecule has 0 bridgehead atoms. The molecule has 2 aliphatic rings. The van der Waals surface area contributed by atoms with Crippen molar-refractivity contribution in [2.75, 3.05) is 45.8 Å². The molecule has 2 saturated heterocycles. The summed E-state index contributed by atoms with van der Waals surface area (Å²) >= 11 is 0. The van der Waals surface area contributed by atoms with Gasteiger partial charge >= 0.3 is 0 Å². The molecule has 0 aliphatic carbocycles. The molecule has 1 N–H and O–H groups in total. The highest BCUT2D eigenvalue weighted by molar-refractivity contribution is 14.0. The number of nitrogens with zero attached hydrogens (tertiary/aromatic N) is 3. The summed E-state index contributed by atoms with van der Waals surface area (Å²) in [7, 11) is 0. The lowest BCUT2D eigenvalue weighted by atomic mass is 9.82. The summed E-state index contributed by atoms with van der Waals surface area (Å²) in [5, 5.41) is 3.53. The van der Waals surface area contributed by atoms with Gasteiger partial charge in [0.2, 0.25) is 0 Å². The Hall–Kier alpha value is -0.820. The zero-order valence-corrected chi connectivity index (χ0v) is 18.9. The number of benzene rings is 1. The lowest BCUT2D eigenvalue weighted by molar-refractivity contribution is 0.343. The van der Waals surface area contributed by atoms with Crippen LogP contribution in [0.2, 0.25) is 0 Å². The summed E-state index contributed by atoms with van der Waals surface area (Å²) in [6, 6.07) is 11.0. The van der Waals surface area contributed by atoms with Crippen LogP contribution in [0.3, 0.4) is 0 Å². The number of aliphatic imine (C=N–C) groups is 1. The van der Waals surface area contributed by atoms with Crippen molar-refractivity contribution in [2.45, 2.75) is 39.0 Å². The molecule has 2 atom stereocenters. The Bertz CT molecular complexity index is 577. The quantitative estimate of drug-likeness (QED) is 0.406. The minimum atomic E-state index is 0. The first-order valence-corrected chi connectivity index (χ1v) is 9.95. The van der Waals surface area contributed by atoms with Crippen molar-refractivity contribution in [3.8, 4) is 0 Å². The Morgan fingerprint density at radius 2 is 2.00 bits per heavy atom. The molecule has 1 aromatic rings. The van der Waals surface area contributed by atoms with Gasteiger partial charge in [0.05, 0.1) is 0 Å². The van der Waals surface area contributed by atoms with Crippen molar-refractivity contribution in [2.24, 2.45) is 10.9 Å². The Balaban J connectivity index is 0.00000243. The molecule has 146 valence electrons. The first-order chi connectivity index (χ1) is 12.1. The molecular formula is C21H35IN4. The van der Waals surface area contributed by atoms with E-state index in [1.165, 1.54) is 38.0 Å². The molecule has 0 radical (unpaired) electrons. The maximum Gasteiger partial charge on any atom is 0.193 e. The van der Waals surface area contributed by atoms with Gasteiger partial charge in [-0.25, -0.2) is 0 Å². The van der Waals surface area contributed by atoms with Crippen molar-refractivity contribution in [3.63, 3.8) is 0 Å². The molecule has 2 fully saturated rings. The van der Waals surface area contributed by atoms with Crippen molar-refractivity contribution in [1.29, 1.82) is 0 Å². The van der Waals surface area contributed by atoms with Gasteiger partial charge < -0.3 is 15.1 Å². The predicted molar refractivity (Wildman–Crippen MR) is 122 cm³/mol. The predicted octanol–water partition coefficient (Wildman–Crippen LogP) is 3.58. The van der Waals surface area contributed by atoms with Crippen LogP contribution in [0.1, 0.15) is 39.2 Å². The minimum absolute atomic E-state index is 0.